The van der Waals surface area contributed by atoms with Crippen molar-refractivity contribution in [2.24, 2.45) is 0 Å². The largest absolute Gasteiger partial charge is 0.379 e. The zero-order valence-electron chi connectivity index (χ0n) is 8.14. The molecule has 0 spiro atoms. The zero-order valence-corrected chi connectivity index (χ0v) is 9.04. The summed E-state index contributed by atoms with van der Waals surface area (Å²) in [5, 5.41) is 3.98. The van der Waals surface area contributed by atoms with E-state index in [0.717, 1.165) is 5.56 Å². The van der Waals surface area contributed by atoms with E-state index in [9.17, 15) is 4.79 Å². The van der Waals surface area contributed by atoms with Crippen LogP contribution in [0.3, 0.4) is 0 Å². The van der Waals surface area contributed by atoms with Crippen LogP contribution in [0.1, 0.15) is 5.56 Å². The molecule has 1 aromatic rings. The Hall–Kier alpha value is -0.810. The molecule has 0 saturated carbocycles. The molecule has 1 aromatic heterocycles. The van der Waals surface area contributed by atoms with Crippen LogP contribution >= 0.6 is 12.6 Å². The van der Waals surface area contributed by atoms with Gasteiger partial charge in [0.05, 0.1) is 26.0 Å². The van der Waals surface area contributed by atoms with Crippen LogP contribution in [-0.2, 0) is 11.3 Å². The summed E-state index contributed by atoms with van der Waals surface area (Å²) < 4.78 is 6.59. The van der Waals surface area contributed by atoms with Crippen molar-refractivity contribution in [3.8, 4) is 0 Å². The predicted octanol–water partition coefficient (Wildman–Crippen LogP) is 0.498. The fourth-order valence-electron chi connectivity index (χ4n) is 1.01. The van der Waals surface area contributed by atoms with E-state index in [-0.39, 0.29) is 5.56 Å². The van der Waals surface area contributed by atoms with Gasteiger partial charge < -0.3 is 4.74 Å². The summed E-state index contributed by atoms with van der Waals surface area (Å²) in [4.78, 5) is 11.3. The van der Waals surface area contributed by atoms with E-state index in [1.807, 2.05) is 6.92 Å². The first-order chi connectivity index (χ1) is 6.74. The van der Waals surface area contributed by atoms with Crippen LogP contribution in [-0.4, -0.2) is 28.7 Å². The minimum atomic E-state index is -0.0838. The standard InChI is InChI=1S/C9H14N2O2S/c1-8-6-9(12)11(10-7-8)2-3-13-4-5-14/h6-7,14H,2-5H2,1H3. The van der Waals surface area contributed by atoms with Gasteiger partial charge in [-0.05, 0) is 12.5 Å². The molecule has 0 aliphatic heterocycles. The summed E-state index contributed by atoms with van der Waals surface area (Å²) >= 11 is 4.01. The van der Waals surface area contributed by atoms with Gasteiger partial charge in [-0.1, -0.05) is 0 Å². The molecule has 0 aliphatic rings. The molecule has 0 fully saturated rings. The molecule has 0 N–H and O–H groups in total. The van der Waals surface area contributed by atoms with Gasteiger partial charge in [0.15, 0.2) is 0 Å². The minimum absolute atomic E-state index is 0.0838. The first-order valence-electron chi connectivity index (χ1n) is 4.46. The van der Waals surface area contributed by atoms with E-state index in [4.69, 9.17) is 4.74 Å². The molecule has 0 amide bonds. The van der Waals surface area contributed by atoms with E-state index >= 15 is 0 Å². The summed E-state index contributed by atoms with van der Waals surface area (Å²) in [6.07, 6.45) is 1.67. The number of rotatable bonds is 5. The molecule has 0 radical (unpaired) electrons. The summed E-state index contributed by atoms with van der Waals surface area (Å²) in [5.41, 5.74) is 0.794. The maximum atomic E-state index is 11.3. The van der Waals surface area contributed by atoms with E-state index < -0.39 is 0 Å². The smallest absolute Gasteiger partial charge is 0.267 e. The average molecular weight is 214 g/mol. The number of hydrogen-bond acceptors (Lipinski definition) is 4. The van der Waals surface area contributed by atoms with Gasteiger partial charge >= 0.3 is 0 Å². The number of ether oxygens (including phenoxy) is 1. The molecule has 0 aliphatic carbocycles. The Balaban J connectivity index is 2.47. The maximum absolute atomic E-state index is 11.3. The first kappa shape index (κ1) is 11.3. The van der Waals surface area contributed by atoms with E-state index in [0.29, 0.717) is 25.5 Å². The van der Waals surface area contributed by atoms with Crippen LogP contribution in [0.15, 0.2) is 17.1 Å². The van der Waals surface area contributed by atoms with Crippen molar-refractivity contribution in [1.29, 1.82) is 0 Å². The highest BCUT2D eigenvalue weighted by molar-refractivity contribution is 7.80. The molecule has 78 valence electrons. The summed E-state index contributed by atoms with van der Waals surface area (Å²) in [7, 11) is 0. The highest BCUT2D eigenvalue weighted by Crippen LogP contribution is 1.87. The van der Waals surface area contributed by atoms with E-state index in [1.165, 1.54) is 4.68 Å². The fourth-order valence-corrected chi connectivity index (χ4v) is 1.14. The van der Waals surface area contributed by atoms with E-state index in [1.54, 1.807) is 12.3 Å². The van der Waals surface area contributed by atoms with Crippen LogP contribution in [0.25, 0.3) is 0 Å². The van der Waals surface area contributed by atoms with E-state index in [2.05, 4.69) is 17.7 Å². The second-order valence-corrected chi connectivity index (χ2v) is 3.38. The monoisotopic (exact) mass is 214 g/mol. The fraction of sp³-hybridized carbons (Fsp3) is 0.556. The van der Waals surface area contributed by atoms with Gasteiger partial charge in [0.1, 0.15) is 0 Å². The van der Waals surface area contributed by atoms with Gasteiger partial charge in [0, 0.05) is 11.8 Å². The topological polar surface area (TPSA) is 44.1 Å². The second-order valence-electron chi connectivity index (χ2n) is 2.93. The number of nitrogens with zero attached hydrogens (tertiary/aromatic N) is 2. The summed E-state index contributed by atoms with van der Waals surface area (Å²) in [5.74, 6) is 0.691. The predicted molar refractivity (Wildman–Crippen MR) is 57.9 cm³/mol. The minimum Gasteiger partial charge on any atom is -0.379 e. The number of aryl methyl sites for hydroxylation is 1. The van der Waals surface area contributed by atoms with Crippen molar-refractivity contribution in [2.45, 2.75) is 13.5 Å². The van der Waals surface area contributed by atoms with Crippen LogP contribution < -0.4 is 5.56 Å². The number of hydrogen-bond donors (Lipinski definition) is 1. The SMILES string of the molecule is Cc1cnn(CCOCCS)c(=O)c1. The Morgan fingerprint density at radius 2 is 2.36 bits per heavy atom. The van der Waals surface area contributed by atoms with Crippen LogP contribution in [0.4, 0.5) is 0 Å². The zero-order chi connectivity index (χ0) is 10.4. The third kappa shape index (κ3) is 3.51. The molecule has 0 saturated heterocycles. The number of aromatic nitrogens is 2. The quantitative estimate of drug-likeness (QED) is 0.573. The summed E-state index contributed by atoms with van der Waals surface area (Å²) in [6, 6.07) is 1.56. The third-order valence-corrected chi connectivity index (χ3v) is 1.87. The third-order valence-electron chi connectivity index (χ3n) is 1.69. The maximum Gasteiger partial charge on any atom is 0.267 e. The Morgan fingerprint density at radius 1 is 1.57 bits per heavy atom. The Bertz CT molecular complexity index is 338. The molecular formula is C9H14N2O2S. The molecule has 1 rings (SSSR count). The van der Waals surface area contributed by atoms with Crippen LogP contribution in [0.5, 0.6) is 0 Å². The second kappa shape index (κ2) is 5.82. The molecule has 5 heteroatoms. The molecule has 0 unspecified atom stereocenters. The van der Waals surface area contributed by atoms with Gasteiger partial charge in [-0.15, -0.1) is 0 Å². The molecule has 4 nitrogen and oxygen atoms in total. The molecule has 1 heterocycles. The van der Waals surface area contributed by atoms with Crippen LogP contribution in [0.2, 0.25) is 0 Å². The van der Waals surface area contributed by atoms with Gasteiger partial charge in [-0.3, -0.25) is 4.79 Å². The van der Waals surface area contributed by atoms with Crippen LogP contribution in [0, 0.1) is 6.92 Å². The lowest BCUT2D eigenvalue weighted by Crippen LogP contribution is -2.24. The molecule has 0 aromatic carbocycles. The first-order valence-corrected chi connectivity index (χ1v) is 5.09. The lowest BCUT2D eigenvalue weighted by molar-refractivity contribution is 0.137. The Kier molecular flexibility index (Phi) is 4.69. The van der Waals surface area contributed by atoms with Crippen molar-refractivity contribution >= 4 is 12.6 Å². The van der Waals surface area contributed by atoms with Crippen molar-refractivity contribution in [2.75, 3.05) is 19.0 Å². The van der Waals surface area contributed by atoms with Crippen molar-refractivity contribution < 1.29 is 4.74 Å². The molecule has 0 atom stereocenters. The van der Waals surface area contributed by atoms with Gasteiger partial charge in [-0.2, -0.15) is 17.7 Å². The highest BCUT2D eigenvalue weighted by Gasteiger charge is 1.96. The summed E-state index contributed by atoms with van der Waals surface area (Å²) in [6.45, 7) is 3.43. The van der Waals surface area contributed by atoms with Gasteiger partial charge in [0.2, 0.25) is 0 Å². The Labute approximate surface area is 88.3 Å². The highest BCUT2D eigenvalue weighted by atomic mass is 32.1. The molecule has 0 bridgehead atoms. The van der Waals surface area contributed by atoms with Crippen molar-refractivity contribution in [1.82, 2.24) is 9.78 Å². The Morgan fingerprint density at radius 3 is 3.00 bits per heavy atom. The van der Waals surface area contributed by atoms with Gasteiger partial charge in [0.25, 0.3) is 5.56 Å². The lowest BCUT2D eigenvalue weighted by atomic mass is 10.3. The molecule has 14 heavy (non-hydrogen) atoms. The van der Waals surface area contributed by atoms with Gasteiger partial charge in [-0.25, -0.2) is 4.68 Å². The molecular weight excluding hydrogens is 200 g/mol. The lowest BCUT2D eigenvalue weighted by Gasteiger charge is -2.04. The normalized spacial score (nSPS) is 10.4. The average Bonchev–Trinajstić information content (AvgIpc) is 2.15. The van der Waals surface area contributed by atoms with Crippen molar-refractivity contribution in [3.05, 3.63) is 28.2 Å². The van der Waals surface area contributed by atoms with Crippen molar-refractivity contribution in [3.63, 3.8) is 0 Å². The number of thiol groups is 1.